The number of carbonyl (C=O) groups is 3. The van der Waals surface area contributed by atoms with Gasteiger partial charge in [0.25, 0.3) is 11.8 Å². The van der Waals surface area contributed by atoms with Gasteiger partial charge < -0.3 is 16.0 Å². The zero-order valence-electron chi connectivity index (χ0n) is 24.8. The maximum Gasteiger partial charge on any atom is 0.272 e. The molecule has 3 N–H and O–H groups in total. The van der Waals surface area contributed by atoms with Crippen molar-refractivity contribution in [2.75, 3.05) is 10.6 Å². The van der Waals surface area contributed by atoms with Crippen molar-refractivity contribution in [1.82, 2.24) is 10.3 Å². The van der Waals surface area contributed by atoms with Crippen molar-refractivity contribution in [3.8, 4) is 17.2 Å². The van der Waals surface area contributed by atoms with Crippen LogP contribution in [0, 0.1) is 11.3 Å². The monoisotopic (exact) mass is 643 g/mol. The number of nitriles is 1. The second kappa shape index (κ2) is 15.5. The average Bonchev–Trinajstić information content (AvgIpc) is 3.50. The van der Waals surface area contributed by atoms with E-state index >= 15 is 0 Å². The summed E-state index contributed by atoms with van der Waals surface area (Å²) in [7, 11) is 0. The first-order valence-electron chi connectivity index (χ1n) is 14.4. The Morgan fingerprint density at radius 1 is 0.957 bits per heavy atom. The fourth-order valence-electron chi connectivity index (χ4n) is 4.49. The van der Waals surface area contributed by atoms with Gasteiger partial charge in [0.1, 0.15) is 16.8 Å². The summed E-state index contributed by atoms with van der Waals surface area (Å²) in [6.07, 6.45) is 5.31. The Kier molecular flexibility index (Phi) is 10.7. The number of nitrogens with one attached hydrogen (secondary N) is 3. The minimum Gasteiger partial charge on any atom is -0.321 e. The number of benzene rings is 3. The number of amides is 3. The van der Waals surface area contributed by atoms with Crippen LogP contribution in [0.5, 0.6) is 0 Å². The molecule has 5 aromatic rings. The van der Waals surface area contributed by atoms with Crippen LogP contribution < -0.4 is 16.0 Å². The molecular weight excluding hydrogens is 615 g/mol. The maximum atomic E-state index is 13.4. The van der Waals surface area contributed by atoms with Gasteiger partial charge in [0.05, 0.1) is 10.8 Å². The molecule has 228 valence electrons. The summed E-state index contributed by atoms with van der Waals surface area (Å²) < 4.78 is 0. The van der Waals surface area contributed by atoms with E-state index in [4.69, 9.17) is 0 Å². The summed E-state index contributed by atoms with van der Waals surface area (Å²) in [6.45, 7) is 1.92. The summed E-state index contributed by atoms with van der Waals surface area (Å²) in [5.74, 6) is -1.16. The zero-order valence-corrected chi connectivity index (χ0v) is 26.4. The van der Waals surface area contributed by atoms with Crippen LogP contribution >= 0.6 is 23.1 Å². The topological polar surface area (TPSA) is 124 Å². The van der Waals surface area contributed by atoms with E-state index < -0.39 is 17.1 Å². The first-order valence-corrected chi connectivity index (χ1v) is 16.1. The van der Waals surface area contributed by atoms with Gasteiger partial charge in [-0.3, -0.25) is 19.4 Å². The summed E-state index contributed by atoms with van der Waals surface area (Å²) in [6, 6.07) is 31.1. The minimum absolute atomic E-state index is 0.0461. The van der Waals surface area contributed by atoms with Gasteiger partial charge in [-0.2, -0.15) is 5.26 Å². The van der Waals surface area contributed by atoms with Crippen molar-refractivity contribution in [2.24, 2.45) is 0 Å². The number of thioether (sulfide) groups is 1. The van der Waals surface area contributed by atoms with Gasteiger partial charge in [-0.05, 0) is 60.0 Å². The molecule has 8 nitrogen and oxygen atoms in total. The van der Waals surface area contributed by atoms with Gasteiger partial charge in [-0.1, -0.05) is 67.6 Å². The molecule has 1 atom stereocenters. The van der Waals surface area contributed by atoms with E-state index in [9.17, 15) is 19.6 Å². The summed E-state index contributed by atoms with van der Waals surface area (Å²) in [5, 5.41) is 20.3. The third-order valence-electron chi connectivity index (χ3n) is 6.78. The third-order valence-corrected chi connectivity index (χ3v) is 9.04. The number of hydrogen-bond acceptors (Lipinski definition) is 7. The van der Waals surface area contributed by atoms with E-state index in [1.54, 1.807) is 79.1 Å². The standard InChI is InChI=1S/C36H29N5O3S2/c1-2-32(35(44)41-36-29(21-37)30(23-45-36)25-12-5-3-6-13-25)46-28-17-9-16-27(20-28)39-34(43)31(19-24-11-10-18-38-22-24)40-33(42)26-14-7-4-8-15-26/h3-20,22-23,32H,2H2,1H3,(H,39,43)(H,40,42)(H,41,44)/b31-19-. The number of pyridine rings is 1. The van der Waals surface area contributed by atoms with Crippen LogP contribution in [0.1, 0.15) is 34.8 Å². The lowest BCUT2D eigenvalue weighted by molar-refractivity contribution is -0.116. The highest BCUT2D eigenvalue weighted by atomic mass is 32.2. The molecule has 0 spiro atoms. The number of carbonyl (C=O) groups excluding carboxylic acids is 3. The highest BCUT2D eigenvalue weighted by Crippen LogP contribution is 2.36. The highest BCUT2D eigenvalue weighted by molar-refractivity contribution is 8.00. The van der Waals surface area contributed by atoms with Crippen LogP contribution in [0.4, 0.5) is 10.7 Å². The van der Waals surface area contributed by atoms with Crippen LogP contribution in [0.15, 0.2) is 125 Å². The van der Waals surface area contributed by atoms with E-state index in [0.29, 0.717) is 33.8 Å². The van der Waals surface area contributed by atoms with Crippen molar-refractivity contribution in [1.29, 1.82) is 5.26 Å². The zero-order chi connectivity index (χ0) is 32.3. The van der Waals surface area contributed by atoms with Gasteiger partial charge >= 0.3 is 0 Å². The fraction of sp³-hybridized carbons (Fsp3) is 0.0833. The Morgan fingerprint density at radius 3 is 2.41 bits per heavy atom. The van der Waals surface area contributed by atoms with Crippen molar-refractivity contribution < 1.29 is 14.4 Å². The maximum absolute atomic E-state index is 13.4. The lowest BCUT2D eigenvalue weighted by Gasteiger charge is -2.15. The third kappa shape index (κ3) is 8.15. The normalized spacial score (nSPS) is 11.6. The molecular formula is C36H29N5O3S2. The van der Waals surface area contributed by atoms with Gasteiger partial charge in [0, 0.05) is 39.5 Å². The molecule has 0 aliphatic carbocycles. The van der Waals surface area contributed by atoms with Crippen LogP contribution in [-0.4, -0.2) is 28.0 Å². The number of hydrogen-bond donors (Lipinski definition) is 3. The van der Waals surface area contributed by atoms with Gasteiger partial charge in [0.2, 0.25) is 5.91 Å². The van der Waals surface area contributed by atoms with Crippen molar-refractivity contribution in [2.45, 2.75) is 23.5 Å². The van der Waals surface area contributed by atoms with Crippen molar-refractivity contribution >= 4 is 57.6 Å². The van der Waals surface area contributed by atoms with Gasteiger partial charge in [-0.15, -0.1) is 23.1 Å². The van der Waals surface area contributed by atoms with E-state index in [-0.39, 0.29) is 11.6 Å². The molecule has 0 saturated carbocycles. The smallest absolute Gasteiger partial charge is 0.272 e. The minimum atomic E-state index is -0.518. The second-order valence-corrected chi connectivity index (χ2v) is 12.1. The Hall–Kier alpha value is -5.50. The summed E-state index contributed by atoms with van der Waals surface area (Å²) >= 11 is 2.68. The molecule has 1 unspecified atom stereocenters. The number of nitrogens with zero attached hydrogens (tertiary/aromatic N) is 2. The largest absolute Gasteiger partial charge is 0.321 e. The van der Waals surface area contributed by atoms with Crippen molar-refractivity contribution in [3.63, 3.8) is 0 Å². The Bertz CT molecular complexity index is 1900. The molecule has 3 amide bonds. The molecule has 2 heterocycles. The number of anilines is 2. The van der Waals surface area contributed by atoms with Crippen LogP contribution in [0.25, 0.3) is 17.2 Å². The molecule has 2 aromatic heterocycles. The molecule has 0 radical (unpaired) electrons. The van der Waals surface area contributed by atoms with E-state index in [1.165, 1.54) is 23.1 Å². The molecule has 0 aliphatic rings. The predicted molar refractivity (Wildman–Crippen MR) is 184 cm³/mol. The van der Waals surface area contributed by atoms with Gasteiger partial charge in [-0.25, -0.2) is 0 Å². The molecule has 10 heteroatoms. The Labute approximate surface area is 275 Å². The van der Waals surface area contributed by atoms with Crippen LogP contribution in [-0.2, 0) is 9.59 Å². The average molecular weight is 644 g/mol. The first kappa shape index (κ1) is 31.9. The molecule has 0 aliphatic heterocycles. The van der Waals surface area contributed by atoms with Crippen LogP contribution in [0.3, 0.4) is 0 Å². The lowest BCUT2D eigenvalue weighted by Crippen LogP contribution is -2.30. The molecule has 46 heavy (non-hydrogen) atoms. The predicted octanol–water partition coefficient (Wildman–Crippen LogP) is 7.60. The van der Waals surface area contributed by atoms with Crippen molar-refractivity contribution in [3.05, 3.63) is 137 Å². The highest BCUT2D eigenvalue weighted by Gasteiger charge is 2.22. The number of aromatic nitrogens is 1. The number of rotatable bonds is 11. The Balaban J connectivity index is 1.29. The fourth-order valence-corrected chi connectivity index (χ4v) is 6.42. The molecule has 0 bridgehead atoms. The molecule has 5 rings (SSSR count). The Morgan fingerprint density at radius 2 is 1.72 bits per heavy atom. The van der Waals surface area contributed by atoms with Gasteiger partial charge in [0.15, 0.2) is 0 Å². The number of thiophene rings is 1. The summed E-state index contributed by atoms with van der Waals surface area (Å²) in [4.78, 5) is 44.6. The lowest BCUT2D eigenvalue weighted by atomic mass is 10.1. The first-order chi connectivity index (χ1) is 22.4. The molecule has 0 fully saturated rings. The second-order valence-electron chi connectivity index (χ2n) is 9.98. The van der Waals surface area contributed by atoms with E-state index in [1.807, 2.05) is 48.7 Å². The SMILES string of the molecule is CCC(Sc1cccc(NC(=O)/C(=C/c2cccnc2)NC(=O)c2ccccc2)c1)C(=O)Nc1scc(-c2ccccc2)c1C#N. The quantitative estimate of drug-likeness (QED) is 0.101. The summed E-state index contributed by atoms with van der Waals surface area (Å²) in [5.41, 5.74) is 3.72. The van der Waals surface area contributed by atoms with E-state index in [2.05, 4.69) is 27.0 Å². The molecule has 3 aromatic carbocycles. The van der Waals surface area contributed by atoms with Crippen LogP contribution in [0.2, 0.25) is 0 Å². The molecule has 0 saturated heterocycles. The van der Waals surface area contributed by atoms with E-state index in [0.717, 1.165) is 16.0 Å².